The Bertz CT molecular complexity index is 4790. The van der Waals surface area contributed by atoms with E-state index in [1.54, 1.807) is 0 Å². The molecule has 390 valence electrons. The first-order chi connectivity index (χ1) is 40.3. The molecule has 0 atom stereocenters. The van der Waals surface area contributed by atoms with Crippen LogP contribution in [0, 0.1) is 18.3 Å². The molecule has 3 heterocycles. The first-order valence-corrected chi connectivity index (χ1v) is 30.7. The molecule has 6 nitrogen and oxygen atoms in total. The van der Waals surface area contributed by atoms with E-state index in [1.165, 1.54) is 38.1 Å². The van der Waals surface area contributed by atoms with E-state index >= 15 is 9.13 Å². The Balaban J connectivity index is 0.000000147. The minimum absolute atomic E-state index is 0.637. The van der Waals surface area contributed by atoms with Crippen molar-refractivity contribution < 1.29 is 13.5 Å². The number of hydrogen-bond acceptors (Lipinski definition) is 4. The number of aromatic nitrogens is 2. The van der Waals surface area contributed by atoms with Gasteiger partial charge in [0, 0.05) is 75.5 Å². The molecule has 0 bridgehead atoms. The van der Waals surface area contributed by atoms with Gasteiger partial charge in [-0.05, 0) is 115 Å². The Morgan fingerprint density at radius 2 is 0.744 bits per heavy atom. The fourth-order valence-corrected chi connectivity index (χ4v) is 17.3. The molecule has 0 aliphatic rings. The van der Waals surface area contributed by atoms with Crippen molar-refractivity contribution in [1.29, 1.82) is 5.26 Å². The van der Waals surface area contributed by atoms with E-state index in [0.29, 0.717) is 16.7 Å². The predicted molar refractivity (Wildman–Crippen MR) is 343 cm³/mol. The van der Waals surface area contributed by atoms with Crippen LogP contribution in [0.15, 0.2) is 296 Å². The highest BCUT2D eigenvalue weighted by Gasteiger charge is 2.32. The second-order valence-electron chi connectivity index (χ2n) is 20.7. The number of hydrogen-bond donors (Lipinski definition) is 0. The summed E-state index contributed by atoms with van der Waals surface area (Å²) in [6.07, 6.45) is 0. The van der Waals surface area contributed by atoms with E-state index < -0.39 is 14.3 Å². The second-order valence-corrected chi connectivity index (χ2v) is 26.2. The SMILES string of the molecule is Cc1ccc2c(c1)c1ccccc1n2-c1cc(C#N)cc(-c2cccc(-n3c4ccccc4c4ccccc43)c2)c1.O=P(c1ccccc1)(c1ccccc1)c1ccc2oc3ccc(P(=O)(c4ccccc4)c4ccccc4)cc3c2c1. The zero-order valence-corrected chi connectivity index (χ0v) is 46.5. The van der Waals surface area contributed by atoms with Gasteiger partial charge in [0.2, 0.25) is 0 Å². The summed E-state index contributed by atoms with van der Waals surface area (Å²) >= 11 is 0. The monoisotopic (exact) mass is 1090 g/mol. The zero-order valence-electron chi connectivity index (χ0n) is 44.7. The Morgan fingerprint density at radius 1 is 0.329 bits per heavy atom. The average molecular weight is 1090 g/mol. The van der Waals surface area contributed by atoms with Crippen molar-refractivity contribution in [3.8, 4) is 28.6 Å². The summed E-state index contributed by atoms with van der Waals surface area (Å²) in [6, 6.07) is 99.6. The minimum atomic E-state index is -3.17. The van der Waals surface area contributed by atoms with Crippen molar-refractivity contribution in [2.24, 2.45) is 0 Å². The fraction of sp³-hybridized carbons (Fsp3) is 0.0135. The number of rotatable bonds is 9. The lowest BCUT2D eigenvalue weighted by atomic mass is 10.0. The predicted octanol–water partition coefficient (Wildman–Crippen LogP) is 16.6. The quantitative estimate of drug-likeness (QED) is 0.135. The van der Waals surface area contributed by atoms with Crippen molar-refractivity contribution in [1.82, 2.24) is 9.13 Å². The number of para-hydroxylation sites is 3. The molecular weight excluding hydrogens is 1040 g/mol. The van der Waals surface area contributed by atoms with E-state index in [-0.39, 0.29) is 0 Å². The standard InChI is InChI=1S/C38H25N3.C36H26O3P2/c1-25-17-18-38-34(19-25)33-13-4-7-16-37(33)41(38)30-21-26(24-39)20-28(23-30)27-9-8-10-29(22-27)40-35-14-5-2-11-31(35)32-12-3-6-15-36(32)40;37-40(27-13-5-1-6-14-27,28-15-7-2-8-16-28)31-21-23-35-33(25-31)34-26-32(22-24-36(34)39-35)41(38,29-17-9-3-10-18-29)30-19-11-4-12-20-30/h2-23H,1H3;1-26H. The molecule has 0 aliphatic carbocycles. The highest BCUT2D eigenvalue weighted by molar-refractivity contribution is 7.85. The maximum atomic E-state index is 15.0. The van der Waals surface area contributed by atoms with Crippen LogP contribution in [-0.2, 0) is 9.13 Å². The molecular formula is C74H51N3O3P2. The molecule has 0 unspecified atom stereocenters. The van der Waals surface area contributed by atoms with Gasteiger partial charge < -0.3 is 22.7 Å². The Kier molecular flexibility index (Phi) is 12.6. The third kappa shape index (κ3) is 8.50. The van der Waals surface area contributed by atoms with Gasteiger partial charge in [-0.15, -0.1) is 0 Å². The molecule has 0 saturated carbocycles. The molecule has 0 radical (unpaired) electrons. The summed E-state index contributed by atoms with van der Waals surface area (Å²) < 4.78 is 40.9. The van der Waals surface area contributed by atoms with Crippen molar-refractivity contribution >= 4 is 112 Å². The van der Waals surface area contributed by atoms with Gasteiger partial charge in [-0.2, -0.15) is 5.26 Å². The lowest BCUT2D eigenvalue weighted by molar-refractivity contribution is 0.591. The van der Waals surface area contributed by atoms with Gasteiger partial charge in [0.05, 0.1) is 33.7 Å². The molecule has 12 aromatic carbocycles. The Hall–Kier alpha value is -10.0. The summed E-state index contributed by atoms with van der Waals surface area (Å²) in [5, 5.41) is 21.2. The summed E-state index contributed by atoms with van der Waals surface area (Å²) in [4.78, 5) is 0. The second kappa shape index (κ2) is 20.6. The van der Waals surface area contributed by atoms with Gasteiger partial charge in [-0.25, -0.2) is 0 Å². The number of furan rings is 1. The van der Waals surface area contributed by atoms with Crippen molar-refractivity contribution in [3.63, 3.8) is 0 Å². The van der Waals surface area contributed by atoms with E-state index in [2.05, 4.69) is 143 Å². The molecule has 8 heteroatoms. The van der Waals surface area contributed by atoms with Crippen molar-refractivity contribution in [2.75, 3.05) is 0 Å². The molecule has 0 spiro atoms. The van der Waals surface area contributed by atoms with E-state index in [1.807, 2.05) is 170 Å². The molecule has 15 aromatic rings. The van der Waals surface area contributed by atoms with Crippen molar-refractivity contribution in [3.05, 3.63) is 302 Å². The summed E-state index contributed by atoms with van der Waals surface area (Å²) in [6.45, 7) is 2.13. The van der Waals surface area contributed by atoms with Crippen LogP contribution in [0.5, 0.6) is 0 Å². The summed E-state index contributed by atoms with van der Waals surface area (Å²) in [7, 11) is -6.34. The Labute approximate surface area is 474 Å². The third-order valence-electron chi connectivity index (χ3n) is 15.8. The number of benzene rings is 12. The van der Waals surface area contributed by atoms with Gasteiger partial charge in [0.1, 0.15) is 11.2 Å². The largest absolute Gasteiger partial charge is 0.456 e. The zero-order chi connectivity index (χ0) is 55.4. The van der Waals surface area contributed by atoms with Gasteiger partial charge in [0.15, 0.2) is 14.3 Å². The van der Waals surface area contributed by atoms with E-state index in [9.17, 15) is 5.26 Å². The molecule has 0 aliphatic heterocycles. The van der Waals surface area contributed by atoms with Crippen LogP contribution >= 0.6 is 14.3 Å². The first-order valence-electron chi connectivity index (χ1n) is 27.3. The lowest BCUT2D eigenvalue weighted by Crippen LogP contribution is -2.25. The number of nitriles is 1. The number of fused-ring (bicyclic) bond motifs is 9. The van der Waals surface area contributed by atoms with Crippen molar-refractivity contribution in [2.45, 2.75) is 6.92 Å². The molecule has 3 aromatic heterocycles. The molecule has 0 N–H and O–H groups in total. The first kappa shape index (κ1) is 50.2. The average Bonchev–Trinajstić information content (AvgIpc) is 3.17. The van der Waals surface area contributed by atoms with Crippen LogP contribution in [0.25, 0.3) is 88.1 Å². The molecule has 0 fully saturated rings. The van der Waals surface area contributed by atoms with Gasteiger partial charge >= 0.3 is 0 Å². The lowest BCUT2D eigenvalue weighted by Gasteiger charge is -2.20. The van der Waals surface area contributed by atoms with Gasteiger partial charge in [-0.3, -0.25) is 0 Å². The highest BCUT2D eigenvalue weighted by Crippen LogP contribution is 2.46. The summed E-state index contributed by atoms with van der Waals surface area (Å²) in [5.74, 6) is 0. The third-order valence-corrected chi connectivity index (χ3v) is 21.9. The van der Waals surface area contributed by atoms with E-state index in [4.69, 9.17) is 4.42 Å². The minimum Gasteiger partial charge on any atom is -0.456 e. The molecule has 82 heavy (non-hydrogen) atoms. The maximum absolute atomic E-state index is 15.0. The molecule has 0 amide bonds. The summed E-state index contributed by atoms with van der Waals surface area (Å²) in [5.41, 5.74) is 12.0. The van der Waals surface area contributed by atoms with Crippen LogP contribution < -0.4 is 31.8 Å². The van der Waals surface area contributed by atoms with Crippen LogP contribution in [0.3, 0.4) is 0 Å². The van der Waals surface area contributed by atoms with Crippen LogP contribution in [0.2, 0.25) is 0 Å². The van der Waals surface area contributed by atoms with E-state index in [0.717, 1.165) is 76.1 Å². The molecule has 0 saturated heterocycles. The normalized spacial score (nSPS) is 11.8. The van der Waals surface area contributed by atoms with Gasteiger partial charge in [0.25, 0.3) is 0 Å². The smallest absolute Gasteiger partial charge is 0.171 e. The fourth-order valence-electron chi connectivity index (χ4n) is 12.0. The highest BCUT2D eigenvalue weighted by atomic mass is 31.2. The van der Waals surface area contributed by atoms with Crippen LogP contribution in [0.1, 0.15) is 11.1 Å². The number of nitrogens with zero attached hydrogens (tertiary/aromatic N) is 3. The van der Waals surface area contributed by atoms with Crippen LogP contribution in [-0.4, -0.2) is 9.13 Å². The maximum Gasteiger partial charge on any atom is 0.171 e. The Morgan fingerprint density at radius 3 is 1.22 bits per heavy atom. The topological polar surface area (TPSA) is 80.9 Å². The number of aryl methyl sites for hydroxylation is 1. The van der Waals surface area contributed by atoms with Gasteiger partial charge in [-0.1, -0.05) is 200 Å². The van der Waals surface area contributed by atoms with Crippen LogP contribution in [0.4, 0.5) is 0 Å². The molecule has 15 rings (SSSR count).